The number of carboxylic acid groups (broad SMARTS) is 1. The van der Waals surface area contributed by atoms with Gasteiger partial charge in [-0.05, 0) is 13.8 Å². The van der Waals surface area contributed by atoms with Crippen LogP contribution in [-0.4, -0.2) is 30.6 Å². The zero-order chi connectivity index (χ0) is 8.69. The Labute approximate surface area is 66.1 Å². The first kappa shape index (κ1) is 10.2. The first-order valence-corrected chi connectivity index (χ1v) is 3.64. The molecule has 0 bridgehead atoms. The molecule has 4 heteroatoms. The second kappa shape index (κ2) is 5.97. The molecule has 0 saturated carbocycles. The van der Waals surface area contributed by atoms with Crippen molar-refractivity contribution in [3.8, 4) is 0 Å². The molecule has 1 N–H and O–H groups in total. The van der Waals surface area contributed by atoms with E-state index in [4.69, 9.17) is 9.84 Å². The van der Waals surface area contributed by atoms with E-state index in [0.717, 1.165) is 0 Å². The third kappa shape index (κ3) is 7.12. The van der Waals surface area contributed by atoms with Gasteiger partial charge < -0.3 is 14.6 Å². The minimum Gasteiger partial charge on any atom is -0.450 e. The second-order valence-electron chi connectivity index (χ2n) is 2.18. The Hall–Kier alpha value is -0.770. The van der Waals surface area contributed by atoms with Crippen molar-refractivity contribution < 1.29 is 19.4 Å². The maximum Gasteiger partial charge on any atom is 0.506 e. The van der Waals surface area contributed by atoms with E-state index < -0.39 is 6.16 Å². The molecule has 4 nitrogen and oxygen atoms in total. The molecule has 0 aromatic carbocycles. The average Bonchev–Trinajstić information content (AvgIpc) is 1.86. The third-order valence-corrected chi connectivity index (χ3v) is 1.17. The molecule has 0 aliphatic carbocycles. The smallest absolute Gasteiger partial charge is 0.450 e. The van der Waals surface area contributed by atoms with Crippen LogP contribution in [0.1, 0.15) is 20.3 Å². The zero-order valence-corrected chi connectivity index (χ0v) is 6.87. The molecule has 0 aliphatic rings. The van der Waals surface area contributed by atoms with Crippen molar-refractivity contribution in [1.82, 2.24) is 0 Å². The Balaban J connectivity index is 3.22. The summed E-state index contributed by atoms with van der Waals surface area (Å²) >= 11 is 0. The van der Waals surface area contributed by atoms with Gasteiger partial charge in [-0.3, -0.25) is 0 Å². The van der Waals surface area contributed by atoms with Gasteiger partial charge in [0.05, 0.1) is 6.61 Å². The van der Waals surface area contributed by atoms with Gasteiger partial charge in [0.15, 0.2) is 0 Å². The standard InChI is InChI=1S/C7H14O4/c1-3-10-5-4-6(2)11-7(8)9/h6H,3-5H2,1-2H3,(H,8,9). The molecule has 0 rings (SSSR count). The van der Waals surface area contributed by atoms with Crippen molar-refractivity contribution in [1.29, 1.82) is 0 Å². The fourth-order valence-electron chi connectivity index (χ4n) is 0.625. The molecular formula is C7H14O4. The summed E-state index contributed by atoms with van der Waals surface area (Å²) in [6.07, 6.45) is -0.895. The minimum absolute atomic E-state index is 0.279. The number of ether oxygens (including phenoxy) is 2. The van der Waals surface area contributed by atoms with E-state index in [9.17, 15) is 4.79 Å². The van der Waals surface area contributed by atoms with E-state index in [-0.39, 0.29) is 6.10 Å². The van der Waals surface area contributed by atoms with Crippen molar-refractivity contribution >= 4 is 6.16 Å². The van der Waals surface area contributed by atoms with Crippen LogP contribution in [0.3, 0.4) is 0 Å². The number of hydrogen-bond donors (Lipinski definition) is 1. The summed E-state index contributed by atoms with van der Waals surface area (Å²) in [6.45, 7) is 4.79. The molecule has 1 unspecified atom stereocenters. The number of hydrogen-bond acceptors (Lipinski definition) is 3. The van der Waals surface area contributed by atoms with Gasteiger partial charge in [0.2, 0.25) is 0 Å². The Morgan fingerprint density at radius 3 is 2.73 bits per heavy atom. The van der Waals surface area contributed by atoms with Gasteiger partial charge in [0, 0.05) is 13.0 Å². The highest BCUT2D eigenvalue weighted by atomic mass is 16.7. The quantitative estimate of drug-likeness (QED) is 0.491. The maximum absolute atomic E-state index is 9.98. The lowest BCUT2D eigenvalue weighted by Crippen LogP contribution is -2.15. The van der Waals surface area contributed by atoms with Crippen LogP contribution >= 0.6 is 0 Å². The molecule has 0 radical (unpaired) electrons. The van der Waals surface area contributed by atoms with E-state index in [0.29, 0.717) is 19.6 Å². The Morgan fingerprint density at radius 1 is 1.64 bits per heavy atom. The molecule has 0 heterocycles. The van der Waals surface area contributed by atoms with Crippen LogP contribution in [0, 0.1) is 0 Å². The lowest BCUT2D eigenvalue weighted by Gasteiger charge is -2.09. The highest BCUT2D eigenvalue weighted by Gasteiger charge is 2.05. The molecule has 1 atom stereocenters. The predicted molar refractivity (Wildman–Crippen MR) is 39.7 cm³/mol. The Bertz CT molecular complexity index is 113. The monoisotopic (exact) mass is 162 g/mol. The maximum atomic E-state index is 9.98. The van der Waals surface area contributed by atoms with Crippen molar-refractivity contribution in [3.63, 3.8) is 0 Å². The summed E-state index contributed by atoms with van der Waals surface area (Å²) in [5.41, 5.74) is 0. The van der Waals surface area contributed by atoms with Crippen LogP contribution in [0.25, 0.3) is 0 Å². The van der Waals surface area contributed by atoms with Crippen molar-refractivity contribution in [2.45, 2.75) is 26.4 Å². The molecule has 0 aromatic rings. The number of rotatable bonds is 5. The first-order chi connectivity index (χ1) is 5.16. The normalized spacial score (nSPS) is 12.5. The van der Waals surface area contributed by atoms with Gasteiger partial charge in [-0.2, -0.15) is 0 Å². The molecule has 0 fully saturated rings. The highest BCUT2D eigenvalue weighted by Crippen LogP contribution is 1.97. The SMILES string of the molecule is CCOCCC(C)OC(=O)O. The first-order valence-electron chi connectivity index (χ1n) is 3.64. The number of carbonyl (C=O) groups is 1. The van der Waals surface area contributed by atoms with E-state index in [2.05, 4.69) is 4.74 Å². The molecular weight excluding hydrogens is 148 g/mol. The molecule has 66 valence electrons. The van der Waals surface area contributed by atoms with E-state index in [1.807, 2.05) is 6.92 Å². The third-order valence-electron chi connectivity index (χ3n) is 1.17. The van der Waals surface area contributed by atoms with Crippen LogP contribution < -0.4 is 0 Å². The summed E-state index contributed by atoms with van der Waals surface area (Å²) < 4.78 is 9.45. The minimum atomic E-state index is -1.23. The molecule has 0 aliphatic heterocycles. The van der Waals surface area contributed by atoms with Crippen molar-refractivity contribution in [2.75, 3.05) is 13.2 Å². The molecule has 11 heavy (non-hydrogen) atoms. The molecule has 0 spiro atoms. The average molecular weight is 162 g/mol. The van der Waals surface area contributed by atoms with Crippen LogP contribution in [0.5, 0.6) is 0 Å². The molecule has 0 aromatic heterocycles. The lowest BCUT2D eigenvalue weighted by molar-refractivity contribution is 0.0389. The Morgan fingerprint density at radius 2 is 2.27 bits per heavy atom. The second-order valence-corrected chi connectivity index (χ2v) is 2.18. The summed E-state index contributed by atoms with van der Waals surface area (Å²) in [5, 5.41) is 8.18. The largest absolute Gasteiger partial charge is 0.506 e. The summed E-state index contributed by atoms with van der Waals surface area (Å²) in [4.78, 5) is 9.98. The molecule has 0 amide bonds. The van der Waals surface area contributed by atoms with Gasteiger partial charge in [-0.15, -0.1) is 0 Å². The van der Waals surface area contributed by atoms with Crippen LogP contribution in [0.2, 0.25) is 0 Å². The van der Waals surface area contributed by atoms with Crippen molar-refractivity contribution in [3.05, 3.63) is 0 Å². The topological polar surface area (TPSA) is 55.8 Å². The van der Waals surface area contributed by atoms with Gasteiger partial charge in [-0.25, -0.2) is 4.79 Å². The predicted octanol–water partition coefficient (Wildman–Crippen LogP) is 1.50. The fraction of sp³-hybridized carbons (Fsp3) is 0.857. The summed E-state index contributed by atoms with van der Waals surface area (Å²) in [7, 11) is 0. The van der Waals surface area contributed by atoms with E-state index >= 15 is 0 Å². The Kier molecular flexibility index (Phi) is 5.56. The highest BCUT2D eigenvalue weighted by molar-refractivity contribution is 5.56. The fourth-order valence-corrected chi connectivity index (χ4v) is 0.625. The van der Waals surface area contributed by atoms with Gasteiger partial charge in [-0.1, -0.05) is 0 Å². The van der Waals surface area contributed by atoms with Crippen LogP contribution in [0.15, 0.2) is 0 Å². The van der Waals surface area contributed by atoms with E-state index in [1.165, 1.54) is 0 Å². The van der Waals surface area contributed by atoms with E-state index in [1.54, 1.807) is 6.92 Å². The summed E-state index contributed by atoms with van der Waals surface area (Å²) in [6, 6.07) is 0. The van der Waals surface area contributed by atoms with Crippen LogP contribution in [0.4, 0.5) is 4.79 Å². The van der Waals surface area contributed by atoms with Gasteiger partial charge >= 0.3 is 6.16 Å². The van der Waals surface area contributed by atoms with Crippen molar-refractivity contribution in [2.24, 2.45) is 0 Å². The van der Waals surface area contributed by atoms with Crippen LogP contribution in [-0.2, 0) is 9.47 Å². The summed E-state index contributed by atoms with van der Waals surface area (Å²) in [5.74, 6) is 0. The lowest BCUT2D eigenvalue weighted by atomic mass is 10.3. The van der Waals surface area contributed by atoms with Gasteiger partial charge in [0.1, 0.15) is 6.10 Å². The zero-order valence-electron chi connectivity index (χ0n) is 6.87. The molecule has 0 saturated heterocycles. The van der Waals surface area contributed by atoms with Gasteiger partial charge in [0.25, 0.3) is 0 Å².